The molecule has 0 aliphatic carbocycles. The molecule has 1 aromatic heterocycles. The first-order valence-electron chi connectivity index (χ1n) is 8.97. The molecule has 2 aromatic rings. The molecule has 2 heterocycles. The summed E-state index contributed by atoms with van der Waals surface area (Å²) in [4.78, 5) is 39.3. The van der Waals surface area contributed by atoms with E-state index in [2.05, 4.69) is 15.6 Å². The summed E-state index contributed by atoms with van der Waals surface area (Å²) in [7, 11) is 0. The van der Waals surface area contributed by atoms with Crippen molar-refractivity contribution in [1.29, 1.82) is 5.26 Å². The molecule has 146 valence electrons. The van der Waals surface area contributed by atoms with E-state index in [1.165, 1.54) is 18.2 Å². The summed E-state index contributed by atoms with van der Waals surface area (Å²) in [6.45, 7) is 4.01. The standard InChI is InChI=1S/C19H20FN5O3/c1-10-14-5-13(20)3-4-16(14)24-19(27)15(10)6-18(26)23-11(2)12-8-22-17(7-21)25(28)9-12/h3-5,11-12,17,22H,6,8-9H2,1-2H3,(H-,23,24,26,27)/p+1/t11-,12?,17?/m0/s1. The number of rotatable bonds is 4. The Labute approximate surface area is 160 Å². The van der Waals surface area contributed by atoms with Crippen molar-refractivity contribution in [2.75, 3.05) is 13.1 Å². The van der Waals surface area contributed by atoms with Crippen molar-refractivity contribution in [2.24, 2.45) is 5.92 Å². The second kappa shape index (κ2) is 7.86. The predicted molar refractivity (Wildman–Crippen MR) is 100.0 cm³/mol. The number of nitroso groups, excluding NO2 is 1. The van der Waals surface area contributed by atoms with Gasteiger partial charge in [0.1, 0.15) is 5.82 Å². The van der Waals surface area contributed by atoms with E-state index in [1.807, 2.05) is 6.07 Å². The molecule has 0 bridgehead atoms. The van der Waals surface area contributed by atoms with Crippen molar-refractivity contribution in [1.82, 2.24) is 15.6 Å². The molecule has 1 aliphatic heterocycles. The van der Waals surface area contributed by atoms with Crippen LogP contribution in [0.3, 0.4) is 0 Å². The van der Waals surface area contributed by atoms with E-state index in [0.29, 0.717) is 27.8 Å². The van der Waals surface area contributed by atoms with Crippen LogP contribution in [0.2, 0.25) is 0 Å². The normalized spacial score (nSPS) is 20.6. The maximum atomic E-state index is 13.5. The number of fused-ring (bicyclic) bond motifs is 1. The van der Waals surface area contributed by atoms with Gasteiger partial charge in [0.15, 0.2) is 6.07 Å². The Morgan fingerprint density at radius 2 is 2.25 bits per heavy atom. The summed E-state index contributed by atoms with van der Waals surface area (Å²) < 4.78 is 14.2. The fraction of sp³-hybridized carbons (Fsp3) is 0.421. The molecule has 0 spiro atoms. The summed E-state index contributed by atoms with van der Waals surface area (Å²) in [5.74, 6) is -0.956. The second-order valence-electron chi connectivity index (χ2n) is 7.08. The van der Waals surface area contributed by atoms with Gasteiger partial charge in [0.05, 0.1) is 12.3 Å². The van der Waals surface area contributed by atoms with Crippen molar-refractivity contribution >= 4 is 16.8 Å². The number of nitrogens with one attached hydrogen (secondary N) is 3. The number of pyridine rings is 1. The van der Waals surface area contributed by atoms with E-state index in [4.69, 9.17) is 5.26 Å². The Morgan fingerprint density at radius 1 is 1.50 bits per heavy atom. The Kier molecular flexibility index (Phi) is 5.51. The van der Waals surface area contributed by atoms with Gasteiger partial charge in [-0.3, -0.25) is 9.59 Å². The van der Waals surface area contributed by atoms with Crippen molar-refractivity contribution in [3.8, 4) is 6.07 Å². The van der Waals surface area contributed by atoms with Crippen LogP contribution in [0.15, 0.2) is 23.0 Å². The number of halogens is 1. The summed E-state index contributed by atoms with van der Waals surface area (Å²) in [5, 5.41) is 15.1. The third kappa shape index (κ3) is 3.92. The molecule has 3 N–H and O–H groups in total. The fourth-order valence-corrected chi connectivity index (χ4v) is 3.47. The summed E-state index contributed by atoms with van der Waals surface area (Å²) in [6, 6.07) is 5.62. The molecule has 28 heavy (non-hydrogen) atoms. The molecule has 8 nitrogen and oxygen atoms in total. The Morgan fingerprint density at radius 3 is 2.93 bits per heavy atom. The lowest BCUT2D eigenvalue weighted by atomic mass is 9.98. The van der Waals surface area contributed by atoms with E-state index < -0.39 is 12.0 Å². The third-order valence-corrected chi connectivity index (χ3v) is 5.19. The van der Waals surface area contributed by atoms with Crippen LogP contribution in [0.4, 0.5) is 4.39 Å². The minimum atomic E-state index is -0.877. The molecular weight excluding hydrogens is 365 g/mol. The van der Waals surface area contributed by atoms with Crippen LogP contribution in [0, 0.1) is 34.9 Å². The minimum Gasteiger partial charge on any atom is -0.353 e. The smallest absolute Gasteiger partial charge is 0.341 e. The van der Waals surface area contributed by atoms with Crippen LogP contribution in [0.1, 0.15) is 18.1 Å². The lowest BCUT2D eigenvalue weighted by Gasteiger charge is -2.26. The highest BCUT2D eigenvalue weighted by atomic mass is 19.1. The zero-order chi connectivity index (χ0) is 20.4. The number of nitrogens with zero attached hydrogens (tertiary/aromatic N) is 2. The van der Waals surface area contributed by atoms with Gasteiger partial charge in [-0.2, -0.15) is 5.26 Å². The SMILES string of the molecule is Cc1c(CC(=O)N[C@@H](C)C2CNC(C#N)[N+](=O)C2)c(=O)[nH]c2ccc(F)cc12. The van der Waals surface area contributed by atoms with Crippen molar-refractivity contribution in [3.63, 3.8) is 0 Å². The average Bonchev–Trinajstić information content (AvgIpc) is 2.65. The number of H-pyrrole nitrogens is 1. The topological polar surface area (TPSA) is 118 Å². The van der Waals surface area contributed by atoms with E-state index in [0.717, 1.165) is 0 Å². The van der Waals surface area contributed by atoms with Gasteiger partial charge >= 0.3 is 6.17 Å². The summed E-state index contributed by atoms with van der Waals surface area (Å²) >= 11 is 0. The van der Waals surface area contributed by atoms with E-state index in [1.54, 1.807) is 13.8 Å². The number of amides is 1. The van der Waals surface area contributed by atoms with Crippen LogP contribution >= 0.6 is 0 Å². The largest absolute Gasteiger partial charge is 0.353 e. The van der Waals surface area contributed by atoms with Gasteiger partial charge in [-0.1, -0.05) is 0 Å². The second-order valence-corrected chi connectivity index (χ2v) is 7.08. The lowest BCUT2D eigenvalue weighted by molar-refractivity contribution is -0.594. The molecule has 9 heteroatoms. The molecule has 3 atom stereocenters. The van der Waals surface area contributed by atoms with E-state index in [9.17, 15) is 18.9 Å². The first-order valence-corrected chi connectivity index (χ1v) is 8.97. The molecule has 0 radical (unpaired) electrons. The van der Waals surface area contributed by atoms with Crippen LogP contribution in [0.5, 0.6) is 0 Å². The molecule has 0 saturated carbocycles. The fourth-order valence-electron chi connectivity index (χ4n) is 3.47. The minimum absolute atomic E-state index is 0.127. The third-order valence-electron chi connectivity index (χ3n) is 5.19. The lowest BCUT2D eigenvalue weighted by Crippen LogP contribution is -2.54. The van der Waals surface area contributed by atoms with Gasteiger partial charge in [-0.05, 0) is 37.6 Å². The number of hydrogen-bond acceptors (Lipinski definition) is 5. The zero-order valence-electron chi connectivity index (χ0n) is 15.6. The molecule has 1 aromatic carbocycles. The van der Waals surface area contributed by atoms with Crippen LogP contribution in [-0.2, 0) is 11.2 Å². The molecule has 3 rings (SSSR count). The van der Waals surface area contributed by atoms with Crippen molar-refractivity contribution < 1.29 is 13.9 Å². The van der Waals surface area contributed by atoms with Crippen LogP contribution < -0.4 is 16.2 Å². The average molecular weight is 386 g/mol. The molecular formula is C19H21FN5O3+. The van der Waals surface area contributed by atoms with Gasteiger partial charge in [0.25, 0.3) is 5.56 Å². The summed E-state index contributed by atoms with van der Waals surface area (Å²) in [6.07, 6.45) is -1.03. The number of aromatic amines is 1. The van der Waals surface area contributed by atoms with Gasteiger partial charge in [0, 0.05) is 38.7 Å². The quantitative estimate of drug-likeness (QED) is 0.674. The number of carbonyl (C=O) groups is 1. The van der Waals surface area contributed by atoms with E-state index in [-0.39, 0.29) is 42.0 Å². The zero-order valence-corrected chi connectivity index (χ0v) is 15.6. The van der Waals surface area contributed by atoms with Crippen molar-refractivity contribution in [3.05, 3.63) is 50.4 Å². The Hall–Kier alpha value is -3.12. The number of nitriles is 1. The molecule has 1 aliphatic rings. The van der Waals surface area contributed by atoms with Gasteiger partial charge in [0.2, 0.25) is 12.5 Å². The van der Waals surface area contributed by atoms with Crippen LogP contribution in [-0.4, -0.2) is 40.9 Å². The molecule has 2 unspecified atom stereocenters. The monoisotopic (exact) mass is 386 g/mol. The Balaban J connectivity index is 1.72. The Bertz CT molecular complexity index is 1040. The number of hydrogen-bond donors (Lipinski definition) is 3. The van der Waals surface area contributed by atoms with Crippen LogP contribution in [0.25, 0.3) is 10.9 Å². The number of benzene rings is 1. The maximum absolute atomic E-state index is 13.5. The highest BCUT2D eigenvalue weighted by Crippen LogP contribution is 2.19. The highest BCUT2D eigenvalue weighted by Gasteiger charge is 2.37. The highest BCUT2D eigenvalue weighted by molar-refractivity contribution is 5.85. The number of carbonyl (C=O) groups excluding carboxylic acids is 1. The summed E-state index contributed by atoms with van der Waals surface area (Å²) in [5.41, 5.74) is 0.959. The van der Waals surface area contributed by atoms with Gasteiger partial charge < -0.3 is 10.3 Å². The number of aromatic nitrogens is 1. The van der Waals surface area contributed by atoms with Gasteiger partial charge in [-0.15, -0.1) is 0 Å². The number of aryl methyl sites for hydroxylation is 1. The molecule has 1 fully saturated rings. The predicted octanol–water partition coefficient (Wildman–Crippen LogP) is 0.871. The first kappa shape index (κ1) is 19.6. The van der Waals surface area contributed by atoms with E-state index >= 15 is 0 Å². The molecule has 1 amide bonds. The van der Waals surface area contributed by atoms with Crippen molar-refractivity contribution in [2.45, 2.75) is 32.5 Å². The molecule has 1 saturated heterocycles. The maximum Gasteiger partial charge on any atom is 0.341 e. The first-order chi connectivity index (χ1) is 13.3. The van der Waals surface area contributed by atoms with Gasteiger partial charge in [-0.25, -0.2) is 9.71 Å².